The molecule has 158 valence electrons. The van der Waals surface area contributed by atoms with Crippen molar-refractivity contribution >= 4 is 24.1 Å². The molecule has 0 radical (unpaired) electrons. The number of carboxylic acids is 1. The molecule has 30 heavy (non-hydrogen) atoms. The van der Waals surface area contributed by atoms with Crippen molar-refractivity contribution in [2.45, 2.75) is 25.0 Å². The van der Waals surface area contributed by atoms with Gasteiger partial charge in [-0.1, -0.05) is 12.1 Å². The Bertz CT molecular complexity index is 957. The number of aliphatic carboxylic acids is 1. The van der Waals surface area contributed by atoms with Crippen LogP contribution in [0.4, 0.5) is 9.59 Å². The lowest BCUT2D eigenvalue weighted by molar-refractivity contribution is -0.156. The molecule has 2 saturated heterocycles. The number of likely N-dealkylation sites (tertiary alicyclic amines) is 1. The molecule has 3 aliphatic rings. The van der Waals surface area contributed by atoms with Gasteiger partial charge in [0, 0.05) is 19.0 Å². The van der Waals surface area contributed by atoms with E-state index >= 15 is 0 Å². The van der Waals surface area contributed by atoms with Crippen LogP contribution in [0, 0.1) is 5.92 Å². The van der Waals surface area contributed by atoms with Crippen molar-refractivity contribution in [3.8, 4) is 5.75 Å². The molecular weight excluding hydrogens is 398 g/mol. The van der Waals surface area contributed by atoms with Crippen LogP contribution >= 0.6 is 0 Å². The Labute approximate surface area is 170 Å². The van der Waals surface area contributed by atoms with Gasteiger partial charge in [0.1, 0.15) is 24.1 Å². The second-order valence-electron chi connectivity index (χ2n) is 7.40. The Morgan fingerprint density at radius 3 is 2.50 bits per heavy atom. The van der Waals surface area contributed by atoms with Gasteiger partial charge in [-0.05, 0) is 29.7 Å². The molecule has 4 rings (SSSR count). The number of hydrogen-bond acceptors (Lipinski definition) is 6. The number of β-lactam (4-membered cyclic amide) rings is 1. The van der Waals surface area contributed by atoms with Crippen LogP contribution in [-0.4, -0.2) is 74.4 Å². The zero-order chi connectivity index (χ0) is 21.6. The fourth-order valence-electron chi connectivity index (χ4n) is 4.35. The average Bonchev–Trinajstić information content (AvgIpc) is 3.07. The van der Waals surface area contributed by atoms with Crippen molar-refractivity contribution < 1.29 is 39.2 Å². The Balaban J connectivity index is 1.42. The number of aromatic hydroxyl groups is 1. The van der Waals surface area contributed by atoms with Gasteiger partial charge in [-0.15, -0.1) is 0 Å². The number of carbonyl (C=O) groups is 4. The van der Waals surface area contributed by atoms with Crippen LogP contribution in [0.5, 0.6) is 5.75 Å². The number of alkyl carbamates (subject to hydrolysis) is 1. The van der Waals surface area contributed by atoms with Crippen molar-refractivity contribution in [3.63, 3.8) is 0 Å². The highest BCUT2D eigenvalue weighted by atomic mass is 16.5. The number of amides is 3. The highest BCUT2D eigenvalue weighted by Crippen LogP contribution is 2.47. The highest BCUT2D eigenvalue weighted by Gasteiger charge is 2.64. The summed E-state index contributed by atoms with van der Waals surface area (Å²) < 4.78 is 5.14. The number of carboxylic acid groups (broad SMARTS) is 2. The van der Waals surface area contributed by atoms with Gasteiger partial charge in [0.15, 0.2) is 0 Å². The molecule has 3 heterocycles. The first-order chi connectivity index (χ1) is 14.3. The number of hydrogen-bond donors (Lipinski definition) is 4. The minimum absolute atomic E-state index is 0.0984. The van der Waals surface area contributed by atoms with Crippen LogP contribution in [0.3, 0.4) is 0 Å². The number of rotatable bonds is 5. The van der Waals surface area contributed by atoms with E-state index in [4.69, 9.17) is 4.74 Å². The smallest absolute Gasteiger partial charge is 0.408 e. The molecule has 2 fully saturated rings. The van der Waals surface area contributed by atoms with Crippen LogP contribution in [0.2, 0.25) is 0 Å². The fourth-order valence-corrected chi connectivity index (χ4v) is 4.35. The summed E-state index contributed by atoms with van der Waals surface area (Å²) in [5.74, 6) is -2.04. The Hall–Kier alpha value is -3.76. The van der Waals surface area contributed by atoms with Crippen LogP contribution in [0.1, 0.15) is 12.0 Å². The summed E-state index contributed by atoms with van der Waals surface area (Å²) >= 11 is 0. The first kappa shape index (κ1) is 19.6. The topological polar surface area (TPSA) is 157 Å². The molecule has 4 N–H and O–H groups in total. The maximum atomic E-state index is 12.4. The lowest BCUT2D eigenvalue weighted by Crippen LogP contribution is -2.69. The van der Waals surface area contributed by atoms with Crippen molar-refractivity contribution in [2.75, 3.05) is 13.2 Å². The molecule has 3 atom stereocenters. The summed E-state index contributed by atoms with van der Waals surface area (Å²) in [5.41, 5.74) is 0.756. The molecule has 0 unspecified atom stereocenters. The molecule has 1 aromatic carbocycles. The van der Waals surface area contributed by atoms with Crippen molar-refractivity contribution in [2.24, 2.45) is 5.92 Å². The number of nitrogens with one attached hydrogen (secondary N) is 1. The Morgan fingerprint density at radius 1 is 1.17 bits per heavy atom. The molecule has 3 amide bonds. The van der Waals surface area contributed by atoms with Gasteiger partial charge in [-0.2, -0.15) is 0 Å². The third kappa shape index (κ3) is 3.17. The zero-order valence-corrected chi connectivity index (χ0v) is 15.6. The van der Waals surface area contributed by atoms with E-state index < -0.39 is 36.1 Å². The van der Waals surface area contributed by atoms with E-state index in [9.17, 15) is 34.5 Å². The van der Waals surface area contributed by atoms with E-state index in [1.165, 1.54) is 12.1 Å². The molecule has 11 heteroatoms. The van der Waals surface area contributed by atoms with Gasteiger partial charge in [0.25, 0.3) is 5.91 Å². The van der Waals surface area contributed by atoms with Gasteiger partial charge >= 0.3 is 18.2 Å². The van der Waals surface area contributed by atoms with E-state index in [0.717, 1.165) is 15.4 Å². The van der Waals surface area contributed by atoms with Crippen molar-refractivity contribution in [3.05, 3.63) is 41.1 Å². The van der Waals surface area contributed by atoms with Crippen molar-refractivity contribution in [1.82, 2.24) is 15.1 Å². The molecule has 3 aliphatic heterocycles. The van der Waals surface area contributed by atoms with Crippen LogP contribution in [-0.2, 0) is 20.9 Å². The van der Waals surface area contributed by atoms with Gasteiger partial charge in [-0.3, -0.25) is 14.6 Å². The summed E-state index contributed by atoms with van der Waals surface area (Å²) in [4.78, 5) is 49.8. The average molecular weight is 417 g/mol. The molecule has 0 spiro atoms. The molecular formula is C19H19N3O8. The van der Waals surface area contributed by atoms with Gasteiger partial charge in [0.05, 0.1) is 6.04 Å². The number of nitrogens with zero attached hydrogens (tertiary/aromatic N) is 2. The largest absolute Gasteiger partial charge is 0.508 e. The lowest BCUT2D eigenvalue weighted by atomic mass is 9.79. The summed E-state index contributed by atoms with van der Waals surface area (Å²) in [6.07, 6.45) is -1.76. The maximum Gasteiger partial charge on any atom is 0.408 e. The molecule has 0 aliphatic carbocycles. The van der Waals surface area contributed by atoms with E-state index in [1.807, 2.05) is 0 Å². The number of phenolic OH excluding ortho intramolecular Hbond substituents is 1. The Morgan fingerprint density at radius 2 is 1.87 bits per heavy atom. The van der Waals surface area contributed by atoms with Gasteiger partial charge in [0.2, 0.25) is 0 Å². The molecule has 0 saturated carbocycles. The number of phenols is 1. The lowest BCUT2D eigenvalue weighted by Gasteiger charge is -2.49. The number of ether oxygens (including phenoxy) is 1. The predicted molar refractivity (Wildman–Crippen MR) is 98.2 cm³/mol. The monoisotopic (exact) mass is 417 g/mol. The summed E-state index contributed by atoms with van der Waals surface area (Å²) in [7, 11) is 0. The van der Waals surface area contributed by atoms with E-state index in [0.29, 0.717) is 0 Å². The SMILES string of the molecule is O=C(NCc1ccc(O)cc1)OCC1=C(C(=O)O)N2C(=O)[C@@H]3[C@H]2[C@H](C1)CN3C(=O)O. The van der Waals surface area contributed by atoms with Crippen LogP contribution < -0.4 is 5.32 Å². The molecule has 1 aromatic rings. The second kappa shape index (κ2) is 7.25. The third-order valence-corrected chi connectivity index (χ3v) is 5.65. The molecule has 0 bridgehead atoms. The standard InChI is InChI=1S/C19H19N3O8/c23-12-3-1-9(2-4-12)6-20-18(27)30-8-11-5-10-7-21(19(28)29)15-13(10)22(16(15)24)14(11)17(25)26/h1-4,10,13,15,23H,5-8H2,(H,20,27)(H,25,26)(H,28,29)/t10-,13-,15+/m1/s1. The number of carbonyl (C=O) groups excluding carboxylic acids is 2. The van der Waals surface area contributed by atoms with Gasteiger partial charge < -0.3 is 25.4 Å². The second-order valence-corrected chi connectivity index (χ2v) is 7.40. The molecule has 0 aromatic heterocycles. The fraction of sp³-hybridized carbons (Fsp3) is 0.368. The highest BCUT2D eigenvalue weighted by molar-refractivity contribution is 6.02. The summed E-state index contributed by atoms with van der Waals surface area (Å²) in [5, 5.41) is 30.7. The van der Waals surface area contributed by atoms with Crippen molar-refractivity contribution in [1.29, 1.82) is 0 Å². The first-order valence-electron chi connectivity index (χ1n) is 9.24. The van der Waals surface area contributed by atoms with E-state index in [2.05, 4.69) is 5.32 Å². The quantitative estimate of drug-likeness (QED) is 0.506. The van der Waals surface area contributed by atoms with E-state index in [-0.39, 0.29) is 49.1 Å². The minimum atomic E-state index is -1.32. The molecule has 11 nitrogen and oxygen atoms in total. The Kier molecular flexibility index (Phi) is 4.72. The minimum Gasteiger partial charge on any atom is -0.508 e. The van der Waals surface area contributed by atoms with E-state index in [1.54, 1.807) is 12.1 Å². The third-order valence-electron chi connectivity index (χ3n) is 5.65. The van der Waals surface area contributed by atoms with Gasteiger partial charge in [-0.25, -0.2) is 14.4 Å². The van der Waals surface area contributed by atoms with Crippen LogP contribution in [0.25, 0.3) is 0 Å². The first-order valence-corrected chi connectivity index (χ1v) is 9.24. The zero-order valence-electron chi connectivity index (χ0n) is 15.6. The van der Waals surface area contributed by atoms with Crippen LogP contribution in [0.15, 0.2) is 35.5 Å². The normalized spacial score (nSPS) is 24.3. The number of benzene rings is 1. The maximum absolute atomic E-state index is 12.4. The predicted octanol–water partition coefficient (Wildman–Crippen LogP) is 0.550. The summed E-state index contributed by atoms with van der Waals surface area (Å²) in [6, 6.07) is 4.86. The summed E-state index contributed by atoms with van der Waals surface area (Å²) in [6.45, 7) is -0.0569.